The number of fused-ring (bicyclic) bond motifs is 1. The number of hydrogen-bond acceptors (Lipinski definition) is 6. The highest BCUT2D eigenvalue weighted by molar-refractivity contribution is 5.89. The third-order valence-corrected chi connectivity index (χ3v) is 6.22. The maximum atomic E-state index is 6.03. The van der Waals surface area contributed by atoms with Crippen LogP contribution in [-0.4, -0.2) is 84.3 Å². The normalized spacial score (nSPS) is 19.2. The molecule has 1 aromatic carbocycles. The van der Waals surface area contributed by atoms with Crippen molar-refractivity contribution in [2.24, 2.45) is 0 Å². The Morgan fingerprint density at radius 1 is 1.00 bits per heavy atom. The van der Waals surface area contributed by atoms with Crippen molar-refractivity contribution in [3.8, 4) is 11.8 Å². The maximum Gasteiger partial charge on any atom is 0.139 e. The molecule has 30 heavy (non-hydrogen) atoms. The summed E-state index contributed by atoms with van der Waals surface area (Å²) in [6, 6.07) is 8.86. The average Bonchev–Trinajstić information content (AvgIpc) is 2.79. The lowest BCUT2D eigenvalue weighted by Crippen LogP contribution is -2.48. The fourth-order valence-electron chi connectivity index (χ4n) is 4.29. The monoisotopic (exact) mass is 407 g/mol. The van der Waals surface area contributed by atoms with Crippen LogP contribution in [0.1, 0.15) is 26.7 Å². The van der Waals surface area contributed by atoms with E-state index in [-0.39, 0.29) is 0 Å². The first-order valence-electron chi connectivity index (χ1n) is 11.2. The lowest BCUT2D eigenvalue weighted by Gasteiger charge is -2.36. The third kappa shape index (κ3) is 5.28. The molecule has 0 atom stereocenters. The number of para-hydroxylation sites is 1. The molecule has 0 saturated carbocycles. The molecule has 2 saturated heterocycles. The van der Waals surface area contributed by atoms with Gasteiger partial charge in [-0.05, 0) is 38.8 Å². The quantitative estimate of drug-likeness (QED) is 0.710. The number of piperidine rings is 1. The first-order chi connectivity index (χ1) is 14.7. The number of hydrogen-bond donors (Lipinski definition) is 0. The van der Waals surface area contributed by atoms with Gasteiger partial charge in [-0.25, -0.2) is 9.97 Å². The van der Waals surface area contributed by atoms with Gasteiger partial charge in [0.15, 0.2) is 0 Å². The lowest BCUT2D eigenvalue weighted by atomic mass is 10.1. The van der Waals surface area contributed by atoms with Gasteiger partial charge in [0.1, 0.15) is 18.8 Å². The second kappa shape index (κ2) is 10.2. The van der Waals surface area contributed by atoms with Crippen LogP contribution in [0.5, 0.6) is 0 Å². The highest BCUT2D eigenvalue weighted by atomic mass is 16.5. The molecule has 2 aliphatic rings. The van der Waals surface area contributed by atoms with Gasteiger partial charge in [-0.2, -0.15) is 0 Å². The summed E-state index contributed by atoms with van der Waals surface area (Å²) in [6.45, 7) is 12.4. The number of anilines is 1. The second-order valence-corrected chi connectivity index (χ2v) is 8.47. The van der Waals surface area contributed by atoms with E-state index in [1.807, 2.05) is 18.2 Å². The van der Waals surface area contributed by atoms with E-state index in [2.05, 4.69) is 56.4 Å². The van der Waals surface area contributed by atoms with Crippen molar-refractivity contribution in [3.05, 3.63) is 30.6 Å². The van der Waals surface area contributed by atoms with E-state index in [0.29, 0.717) is 18.8 Å². The molecule has 0 aliphatic carbocycles. The minimum absolute atomic E-state index is 0.290. The number of nitrogens with zero attached hydrogens (tertiary/aromatic N) is 5. The van der Waals surface area contributed by atoms with Gasteiger partial charge in [-0.15, -0.1) is 0 Å². The smallest absolute Gasteiger partial charge is 0.139 e. The van der Waals surface area contributed by atoms with Crippen molar-refractivity contribution >= 4 is 16.7 Å². The van der Waals surface area contributed by atoms with Gasteiger partial charge in [-0.3, -0.25) is 9.80 Å². The van der Waals surface area contributed by atoms with Gasteiger partial charge in [0, 0.05) is 50.7 Å². The van der Waals surface area contributed by atoms with Gasteiger partial charge in [0.05, 0.1) is 18.2 Å². The van der Waals surface area contributed by atoms with Crippen molar-refractivity contribution in [1.82, 2.24) is 19.8 Å². The van der Waals surface area contributed by atoms with Crippen LogP contribution in [0.15, 0.2) is 30.6 Å². The molecule has 6 nitrogen and oxygen atoms in total. The Balaban J connectivity index is 1.18. The Morgan fingerprint density at radius 2 is 1.77 bits per heavy atom. The van der Waals surface area contributed by atoms with E-state index < -0.39 is 0 Å². The summed E-state index contributed by atoms with van der Waals surface area (Å²) in [5.41, 5.74) is 1.00. The Morgan fingerprint density at radius 3 is 2.53 bits per heavy atom. The number of ether oxygens (including phenoxy) is 1. The standard InChI is InChI=1S/C24H33N5O/c1-20(2)28-16-14-27(15-17-28)11-5-6-18-30-21-9-12-29(13-10-21)24-22-7-3-4-8-23(22)25-19-26-24/h3-4,7-8,19-21H,9-18H2,1-2H3. The SMILES string of the molecule is CC(C)N1CCN(CC#CCOC2CCN(c3ncnc4ccccc34)CC2)CC1. The Kier molecular flexibility index (Phi) is 7.16. The Bertz CT molecular complexity index is 869. The van der Waals surface area contributed by atoms with Crippen molar-refractivity contribution < 1.29 is 4.74 Å². The molecule has 0 N–H and O–H groups in total. The van der Waals surface area contributed by atoms with Gasteiger partial charge < -0.3 is 9.64 Å². The molecule has 2 aromatic rings. The molecular weight excluding hydrogens is 374 g/mol. The van der Waals surface area contributed by atoms with Crippen molar-refractivity contribution in [1.29, 1.82) is 0 Å². The molecule has 0 spiro atoms. The van der Waals surface area contributed by atoms with Crippen molar-refractivity contribution in [2.45, 2.75) is 38.8 Å². The summed E-state index contributed by atoms with van der Waals surface area (Å²) in [5, 5.41) is 1.12. The van der Waals surface area contributed by atoms with Crippen molar-refractivity contribution in [2.75, 3.05) is 57.3 Å². The van der Waals surface area contributed by atoms with E-state index in [9.17, 15) is 0 Å². The molecule has 4 rings (SSSR count). The Hall–Kier alpha value is -2.20. The summed E-state index contributed by atoms with van der Waals surface area (Å²) >= 11 is 0. The van der Waals surface area contributed by atoms with Crippen LogP contribution < -0.4 is 4.90 Å². The first kappa shape index (κ1) is 21.0. The molecule has 2 fully saturated rings. The summed E-state index contributed by atoms with van der Waals surface area (Å²) in [5.74, 6) is 7.56. The molecule has 1 aromatic heterocycles. The number of aromatic nitrogens is 2. The molecule has 2 aliphatic heterocycles. The average molecular weight is 408 g/mol. The van der Waals surface area contributed by atoms with E-state index in [1.54, 1.807) is 6.33 Å². The first-order valence-corrected chi connectivity index (χ1v) is 11.2. The fraction of sp³-hybridized carbons (Fsp3) is 0.583. The number of piperazine rings is 1. The minimum atomic E-state index is 0.290. The molecule has 0 radical (unpaired) electrons. The van der Waals surface area contributed by atoms with Crippen LogP contribution in [-0.2, 0) is 4.74 Å². The van der Waals surface area contributed by atoms with E-state index >= 15 is 0 Å². The summed E-state index contributed by atoms with van der Waals surface area (Å²) in [4.78, 5) is 16.2. The zero-order valence-electron chi connectivity index (χ0n) is 18.3. The summed E-state index contributed by atoms with van der Waals surface area (Å²) in [7, 11) is 0. The van der Waals surface area contributed by atoms with Crippen LogP contribution in [0.4, 0.5) is 5.82 Å². The fourth-order valence-corrected chi connectivity index (χ4v) is 4.29. The highest BCUT2D eigenvalue weighted by Gasteiger charge is 2.22. The van der Waals surface area contributed by atoms with Crippen LogP contribution in [0, 0.1) is 11.8 Å². The summed E-state index contributed by atoms with van der Waals surface area (Å²) < 4.78 is 6.03. The van der Waals surface area contributed by atoms with E-state index in [4.69, 9.17) is 4.74 Å². The molecule has 0 unspecified atom stereocenters. The molecular formula is C24H33N5O. The van der Waals surface area contributed by atoms with Gasteiger partial charge in [0.25, 0.3) is 0 Å². The van der Waals surface area contributed by atoms with Gasteiger partial charge in [-0.1, -0.05) is 24.0 Å². The summed E-state index contributed by atoms with van der Waals surface area (Å²) in [6.07, 6.45) is 3.98. The zero-order valence-corrected chi connectivity index (χ0v) is 18.3. The van der Waals surface area contributed by atoms with Crippen molar-refractivity contribution in [3.63, 3.8) is 0 Å². The van der Waals surface area contributed by atoms with E-state index in [1.165, 1.54) is 0 Å². The lowest BCUT2D eigenvalue weighted by molar-refractivity contribution is 0.0593. The third-order valence-electron chi connectivity index (χ3n) is 6.22. The predicted octanol–water partition coefficient (Wildman–Crippen LogP) is 2.64. The zero-order chi connectivity index (χ0) is 20.8. The predicted molar refractivity (Wildman–Crippen MR) is 122 cm³/mol. The van der Waals surface area contributed by atoms with Crippen LogP contribution in [0.2, 0.25) is 0 Å². The van der Waals surface area contributed by atoms with Crippen LogP contribution in [0.25, 0.3) is 10.9 Å². The van der Waals surface area contributed by atoms with Gasteiger partial charge in [0.2, 0.25) is 0 Å². The molecule has 0 bridgehead atoms. The second-order valence-electron chi connectivity index (χ2n) is 8.47. The van der Waals surface area contributed by atoms with Crippen LogP contribution >= 0.6 is 0 Å². The van der Waals surface area contributed by atoms with Gasteiger partial charge >= 0.3 is 0 Å². The molecule has 160 valence electrons. The Labute approximate surface area is 180 Å². The highest BCUT2D eigenvalue weighted by Crippen LogP contribution is 2.26. The molecule has 6 heteroatoms. The van der Waals surface area contributed by atoms with E-state index in [0.717, 1.165) is 75.4 Å². The number of rotatable bonds is 5. The molecule has 3 heterocycles. The number of benzene rings is 1. The minimum Gasteiger partial charge on any atom is -0.365 e. The topological polar surface area (TPSA) is 44.7 Å². The molecule has 0 amide bonds. The maximum absolute atomic E-state index is 6.03. The largest absolute Gasteiger partial charge is 0.365 e. The van der Waals surface area contributed by atoms with Crippen LogP contribution in [0.3, 0.4) is 0 Å².